The first kappa shape index (κ1) is 15.0. The highest BCUT2D eigenvalue weighted by Gasteiger charge is 2.21. The molecule has 0 saturated heterocycles. The van der Waals surface area contributed by atoms with Crippen LogP contribution in [-0.2, 0) is 4.74 Å². The van der Waals surface area contributed by atoms with E-state index >= 15 is 0 Å². The van der Waals surface area contributed by atoms with Crippen LogP contribution in [0.25, 0.3) is 11.3 Å². The van der Waals surface area contributed by atoms with Crippen LogP contribution < -0.4 is 4.74 Å². The molecule has 0 atom stereocenters. The summed E-state index contributed by atoms with van der Waals surface area (Å²) in [4.78, 5) is 15.8. The molecule has 0 N–H and O–H groups in total. The molecule has 0 spiro atoms. The normalized spacial score (nSPS) is 10.3. The SMILES string of the molecule is COC(=O)c1nc(-c2c(C)cccc2C)c(OC)cc1F. The predicted octanol–water partition coefficient (Wildman–Crippen LogP) is 3.30. The zero-order valence-electron chi connectivity index (χ0n) is 12.4. The van der Waals surface area contributed by atoms with Gasteiger partial charge in [-0.1, -0.05) is 18.2 Å². The van der Waals surface area contributed by atoms with E-state index in [0.717, 1.165) is 22.8 Å². The number of aromatic nitrogens is 1. The van der Waals surface area contributed by atoms with E-state index in [0.29, 0.717) is 5.69 Å². The lowest BCUT2D eigenvalue weighted by molar-refractivity contribution is 0.0588. The Morgan fingerprint density at radius 3 is 2.33 bits per heavy atom. The zero-order chi connectivity index (χ0) is 15.6. The maximum atomic E-state index is 13.9. The molecule has 0 aliphatic heterocycles. The van der Waals surface area contributed by atoms with E-state index in [2.05, 4.69) is 9.72 Å². The van der Waals surface area contributed by atoms with Crippen LogP contribution in [0, 0.1) is 19.7 Å². The second-order valence-corrected chi connectivity index (χ2v) is 4.63. The lowest BCUT2D eigenvalue weighted by Gasteiger charge is -2.14. The molecule has 2 rings (SSSR count). The van der Waals surface area contributed by atoms with E-state index in [1.807, 2.05) is 32.0 Å². The second kappa shape index (κ2) is 5.91. The first-order valence-corrected chi connectivity index (χ1v) is 6.39. The molecule has 1 aromatic carbocycles. The van der Waals surface area contributed by atoms with Crippen LogP contribution in [0.2, 0.25) is 0 Å². The molecule has 0 fully saturated rings. The molecule has 5 heteroatoms. The number of hydrogen-bond acceptors (Lipinski definition) is 4. The molecule has 0 aliphatic carbocycles. The number of esters is 1. The summed E-state index contributed by atoms with van der Waals surface area (Å²) in [7, 11) is 2.62. The quantitative estimate of drug-likeness (QED) is 0.813. The third-order valence-corrected chi connectivity index (χ3v) is 3.26. The van der Waals surface area contributed by atoms with Crippen LogP contribution >= 0.6 is 0 Å². The molecule has 0 unspecified atom stereocenters. The van der Waals surface area contributed by atoms with Gasteiger partial charge >= 0.3 is 5.97 Å². The van der Waals surface area contributed by atoms with Crippen LogP contribution in [0.5, 0.6) is 5.75 Å². The van der Waals surface area contributed by atoms with Gasteiger partial charge in [0.05, 0.1) is 14.2 Å². The van der Waals surface area contributed by atoms with E-state index < -0.39 is 11.8 Å². The summed E-state index contributed by atoms with van der Waals surface area (Å²) in [5.41, 5.74) is 2.82. The standard InChI is InChI=1S/C16H16FNO3/c1-9-6-5-7-10(2)13(9)15-12(20-3)8-11(17)14(18-15)16(19)21-4/h5-8H,1-4H3. The zero-order valence-corrected chi connectivity index (χ0v) is 12.4. The van der Waals surface area contributed by atoms with Gasteiger partial charge in [0.2, 0.25) is 0 Å². The van der Waals surface area contributed by atoms with Gasteiger partial charge in [0.1, 0.15) is 11.4 Å². The van der Waals surface area contributed by atoms with Crippen LogP contribution in [0.15, 0.2) is 24.3 Å². The molecule has 4 nitrogen and oxygen atoms in total. The Balaban J connectivity index is 2.75. The Kier molecular flexibility index (Phi) is 4.21. The number of rotatable bonds is 3. The number of carbonyl (C=O) groups excluding carboxylic acids is 1. The number of hydrogen-bond donors (Lipinski definition) is 0. The Bertz CT molecular complexity index is 678. The molecule has 0 bridgehead atoms. The van der Waals surface area contributed by atoms with Crippen LogP contribution in [0.3, 0.4) is 0 Å². The van der Waals surface area contributed by atoms with Gasteiger partial charge in [-0.05, 0) is 25.0 Å². The van der Waals surface area contributed by atoms with Gasteiger partial charge in [0.25, 0.3) is 0 Å². The van der Waals surface area contributed by atoms with Crippen molar-refractivity contribution in [1.29, 1.82) is 0 Å². The second-order valence-electron chi connectivity index (χ2n) is 4.63. The Labute approximate surface area is 122 Å². The van der Waals surface area contributed by atoms with Gasteiger partial charge < -0.3 is 9.47 Å². The van der Waals surface area contributed by atoms with Gasteiger partial charge in [-0.3, -0.25) is 0 Å². The number of ether oxygens (including phenoxy) is 2. The van der Waals surface area contributed by atoms with Gasteiger partial charge in [0, 0.05) is 11.6 Å². The van der Waals surface area contributed by atoms with Gasteiger partial charge in [-0.25, -0.2) is 14.2 Å². The summed E-state index contributed by atoms with van der Waals surface area (Å²) in [6.45, 7) is 3.84. The number of nitrogens with zero attached hydrogens (tertiary/aromatic N) is 1. The molecular formula is C16H16FNO3. The third-order valence-electron chi connectivity index (χ3n) is 3.26. The summed E-state index contributed by atoms with van der Waals surface area (Å²) in [6.07, 6.45) is 0. The number of benzene rings is 1. The van der Waals surface area contributed by atoms with Crippen molar-refractivity contribution in [2.75, 3.05) is 14.2 Å². The smallest absolute Gasteiger partial charge is 0.359 e. The minimum atomic E-state index is -0.817. The average molecular weight is 289 g/mol. The van der Waals surface area contributed by atoms with E-state index in [9.17, 15) is 9.18 Å². The topological polar surface area (TPSA) is 48.4 Å². The number of aryl methyl sites for hydroxylation is 2. The number of carbonyl (C=O) groups is 1. The molecule has 0 saturated carbocycles. The van der Waals surface area contributed by atoms with Gasteiger partial charge in [-0.2, -0.15) is 0 Å². The molecule has 2 aromatic rings. The highest BCUT2D eigenvalue weighted by atomic mass is 19.1. The summed E-state index contributed by atoms with van der Waals surface area (Å²) in [5.74, 6) is -1.31. The van der Waals surface area contributed by atoms with E-state index in [-0.39, 0.29) is 11.4 Å². The Morgan fingerprint density at radius 1 is 1.19 bits per heavy atom. The van der Waals surface area contributed by atoms with E-state index in [1.165, 1.54) is 14.2 Å². The lowest BCUT2D eigenvalue weighted by atomic mass is 9.98. The van der Waals surface area contributed by atoms with Crippen molar-refractivity contribution >= 4 is 5.97 Å². The van der Waals surface area contributed by atoms with Crippen LogP contribution in [0.1, 0.15) is 21.6 Å². The van der Waals surface area contributed by atoms with E-state index in [4.69, 9.17) is 4.74 Å². The van der Waals surface area contributed by atoms with Crippen molar-refractivity contribution in [2.45, 2.75) is 13.8 Å². The first-order chi connectivity index (χ1) is 9.99. The fourth-order valence-corrected chi connectivity index (χ4v) is 2.23. The number of halogens is 1. The van der Waals surface area contributed by atoms with Crippen molar-refractivity contribution in [3.63, 3.8) is 0 Å². The first-order valence-electron chi connectivity index (χ1n) is 6.39. The van der Waals surface area contributed by atoms with Crippen LogP contribution in [-0.4, -0.2) is 25.2 Å². The highest BCUT2D eigenvalue weighted by Crippen LogP contribution is 2.34. The van der Waals surface area contributed by atoms with Crippen molar-refractivity contribution in [2.24, 2.45) is 0 Å². The van der Waals surface area contributed by atoms with Crippen molar-refractivity contribution in [3.05, 3.63) is 46.9 Å². The van der Waals surface area contributed by atoms with Crippen molar-refractivity contribution < 1.29 is 18.7 Å². The molecule has 1 aromatic heterocycles. The fraction of sp³-hybridized carbons (Fsp3) is 0.250. The minimum absolute atomic E-state index is 0.276. The minimum Gasteiger partial charge on any atom is -0.494 e. The maximum absolute atomic E-state index is 13.9. The van der Waals surface area contributed by atoms with E-state index in [1.54, 1.807) is 0 Å². The molecule has 0 aliphatic rings. The molecule has 110 valence electrons. The summed E-state index contributed by atoms with van der Waals surface area (Å²) < 4.78 is 23.7. The summed E-state index contributed by atoms with van der Waals surface area (Å²) in [5, 5.41) is 0. The lowest BCUT2D eigenvalue weighted by Crippen LogP contribution is -2.10. The van der Waals surface area contributed by atoms with Crippen molar-refractivity contribution in [3.8, 4) is 17.0 Å². The van der Waals surface area contributed by atoms with Gasteiger partial charge in [-0.15, -0.1) is 0 Å². The molecule has 0 radical (unpaired) electrons. The fourth-order valence-electron chi connectivity index (χ4n) is 2.23. The summed E-state index contributed by atoms with van der Waals surface area (Å²) >= 11 is 0. The predicted molar refractivity (Wildman–Crippen MR) is 77.0 cm³/mol. The molecule has 1 heterocycles. The monoisotopic (exact) mass is 289 g/mol. The highest BCUT2D eigenvalue weighted by molar-refractivity contribution is 5.89. The molecule has 21 heavy (non-hydrogen) atoms. The summed E-state index contributed by atoms with van der Waals surface area (Å²) in [6, 6.07) is 6.92. The molecular weight excluding hydrogens is 273 g/mol. The van der Waals surface area contributed by atoms with Gasteiger partial charge in [0.15, 0.2) is 11.5 Å². The maximum Gasteiger partial charge on any atom is 0.359 e. The number of pyridine rings is 1. The number of methoxy groups -OCH3 is 2. The molecule has 0 amide bonds. The van der Waals surface area contributed by atoms with Crippen molar-refractivity contribution in [1.82, 2.24) is 4.98 Å². The van der Waals surface area contributed by atoms with Crippen LogP contribution in [0.4, 0.5) is 4.39 Å². The Morgan fingerprint density at radius 2 is 1.81 bits per heavy atom. The average Bonchev–Trinajstić information content (AvgIpc) is 2.47. The largest absolute Gasteiger partial charge is 0.494 e. The Hall–Kier alpha value is -2.43. The third kappa shape index (κ3) is 2.72.